The SMILES string of the molecule is COCCCNC(=O)c1cc(Oc2ccc3c(c2)nc(Nc2ccc(N(C)C)cc2)n3C)ccn1. The van der Waals surface area contributed by atoms with Gasteiger partial charge in [-0.2, -0.15) is 0 Å². The number of fused-ring (bicyclic) bond motifs is 1. The van der Waals surface area contributed by atoms with Crippen LogP contribution in [0.3, 0.4) is 0 Å². The number of nitrogens with one attached hydrogen (secondary N) is 2. The molecule has 0 saturated heterocycles. The van der Waals surface area contributed by atoms with Gasteiger partial charge in [0.1, 0.15) is 17.2 Å². The van der Waals surface area contributed by atoms with Crippen molar-refractivity contribution in [2.45, 2.75) is 6.42 Å². The number of hydrogen-bond acceptors (Lipinski definition) is 7. The molecule has 9 nitrogen and oxygen atoms in total. The Bertz CT molecular complexity index is 1300. The van der Waals surface area contributed by atoms with Gasteiger partial charge in [-0.1, -0.05) is 0 Å². The van der Waals surface area contributed by atoms with E-state index in [0.29, 0.717) is 30.3 Å². The highest BCUT2D eigenvalue weighted by Crippen LogP contribution is 2.28. The molecule has 0 fully saturated rings. The van der Waals surface area contributed by atoms with E-state index in [9.17, 15) is 4.79 Å². The molecule has 4 aromatic rings. The molecule has 182 valence electrons. The second-order valence-electron chi connectivity index (χ2n) is 8.29. The molecule has 0 aliphatic carbocycles. The van der Waals surface area contributed by atoms with E-state index in [2.05, 4.69) is 32.7 Å². The number of aryl methyl sites for hydroxylation is 1. The largest absolute Gasteiger partial charge is 0.457 e. The number of carbonyl (C=O) groups excluding carboxylic acids is 1. The molecular formula is C26H30N6O3. The third kappa shape index (κ3) is 5.88. The first kappa shape index (κ1) is 24.0. The molecule has 1 amide bonds. The van der Waals surface area contributed by atoms with Gasteiger partial charge in [-0.3, -0.25) is 9.78 Å². The van der Waals surface area contributed by atoms with E-state index < -0.39 is 0 Å². The quantitative estimate of drug-likeness (QED) is 0.330. The fourth-order valence-corrected chi connectivity index (χ4v) is 3.57. The molecule has 35 heavy (non-hydrogen) atoms. The molecule has 0 spiro atoms. The molecule has 0 saturated carbocycles. The number of imidazole rings is 1. The fourth-order valence-electron chi connectivity index (χ4n) is 3.57. The smallest absolute Gasteiger partial charge is 0.270 e. The number of amides is 1. The Hall–Kier alpha value is -4.11. The van der Waals surface area contributed by atoms with Crippen molar-refractivity contribution in [3.05, 3.63) is 66.5 Å². The topological polar surface area (TPSA) is 93.5 Å². The molecule has 2 N–H and O–H groups in total. The number of rotatable bonds is 10. The summed E-state index contributed by atoms with van der Waals surface area (Å²) in [5.74, 6) is 1.62. The highest BCUT2D eigenvalue weighted by Gasteiger charge is 2.12. The van der Waals surface area contributed by atoms with Crippen molar-refractivity contribution in [3.8, 4) is 11.5 Å². The van der Waals surface area contributed by atoms with Gasteiger partial charge in [0.05, 0.1) is 11.0 Å². The van der Waals surface area contributed by atoms with Gasteiger partial charge >= 0.3 is 0 Å². The van der Waals surface area contributed by atoms with Gasteiger partial charge in [-0.25, -0.2) is 4.98 Å². The number of anilines is 3. The Morgan fingerprint density at radius 2 is 1.83 bits per heavy atom. The molecule has 0 atom stereocenters. The first-order valence-electron chi connectivity index (χ1n) is 11.4. The van der Waals surface area contributed by atoms with E-state index in [-0.39, 0.29) is 5.91 Å². The third-order valence-electron chi connectivity index (χ3n) is 5.50. The average molecular weight is 475 g/mol. The third-order valence-corrected chi connectivity index (χ3v) is 5.50. The monoisotopic (exact) mass is 474 g/mol. The standard InChI is InChI=1S/C26H30N6O3/c1-31(2)19-8-6-18(7-9-19)29-26-30-22-16-20(10-11-24(22)32(26)3)35-21-12-14-27-23(17-21)25(33)28-13-5-15-34-4/h6-12,14,16-17H,5,13,15H2,1-4H3,(H,28,33)(H,29,30). The number of carbonyl (C=O) groups is 1. The van der Waals surface area contributed by atoms with Crippen LogP contribution < -0.4 is 20.3 Å². The van der Waals surface area contributed by atoms with Gasteiger partial charge in [0.15, 0.2) is 0 Å². The van der Waals surface area contributed by atoms with Crippen molar-refractivity contribution < 1.29 is 14.3 Å². The Labute approximate surface area is 204 Å². The van der Waals surface area contributed by atoms with E-state index in [1.54, 1.807) is 25.4 Å². The predicted octanol–water partition coefficient (Wildman–Crippen LogP) is 4.34. The first-order chi connectivity index (χ1) is 16.9. The number of pyridine rings is 1. The lowest BCUT2D eigenvalue weighted by Gasteiger charge is -2.13. The van der Waals surface area contributed by atoms with Gasteiger partial charge in [-0.15, -0.1) is 0 Å². The molecular weight excluding hydrogens is 444 g/mol. The molecule has 0 aliphatic rings. The minimum Gasteiger partial charge on any atom is -0.457 e. The minimum atomic E-state index is -0.249. The van der Waals surface area contributed by atoms with E-state index in [1.165, 1.54) is 0 Å². The van der Waals surface area contributed by atoms with Crippen LogP contribution in [-0.2, 0) is 11.8 Å². The maximum absolute atomic E-state index is 12.3. The zero-order chi connectivity index (χ0) is 24.8. The molecule has 2 aromatic carbocycles. The van der Waals surface area contributed by atoms with E-state index in [4.69, 9.17) is 14.5 Å². The van der Waals surface area contributed by atoms with Crippen molar-refractivity contribution in [2.75, 3.05) is 44.6 Å². The molecule has 0 aliphatic heterocycles. The fraction of sp³-hybridized carbons (Fsp3) is 0.269. The minimum absolute atomic E-state index is 0.249. The summed E-state index contributed by atoms with van der Waals surface area (Å²) < 4.78 is 13.0. The van der Waals surface area contributed by atoms with Crippen molar-refractivity contribution in [2.24, 2.45) is 7.05 Å². The van der Waals surface area contributed by atoms with Crippen LogP contribution in [-0.4, -0.2) is 54.8 Å². The molecule has 2 aromatic heterocycles. The van der Waals surface area contributed by atoms with Crippen LogP contribution in [0.4, 0.5) is 17.3 Å². The summed E-state index contributed by atoms with van der Waals surface area (Å²) in [5, 5.41) is 6.20. The normalized spacial score (nSPS) is 10.9. The Morgan fingerprint density at radius 1 is 1.06 bits per heavy atom. The number of benzene rings is 2. The van der Waals surface area contributed by atoms with Gasteiger partial charge in [0.2, 0.25) is 5.95 Å². The number of ether oxygens (including phenoxy) is 2. The number of methoxy groups -OCH3 is 1. The first-order valence-corrected chi connectivity index (χ1v) is 11.4. The highest BCUT2D eigenvalue weighted by atomic mass is 16.5. The number of hydrogen-bond donors (Lipinski definition) is 2. The Kier molecular flexibility index (Phi) is 7.47. The zero-order valence-corrected chi connectivity index (χ0v) is 20.4. The predicted molar refractivity (Wildman–Crippen MR) is 138 cm³/mol. The average Bonchev–Trinajstić information content (AvgIpc) is 3.16. The van der Waals surface area contributed by atoms with Crippen LogP contribution >= 0.6 is 0 Å². The van der Waals surface area contributed by atoms with Crippen molar-refractivity contribution >= 4 is 34.3 Å². The number of nitrogens with zero attached hydrogens (tertiary/aromatic N) is 4. The van der Waals surface area contributed by atoms with Gasteiger partial charge < -0.3 is 29.6 Å². The number of aromatic nitrogens is 3. The van der Waals surface area contributed by atoms with E-state index in [0.717, 1.165) is 34.8 Å². The summed E-state index contributed by atoms with van der Waals surface area (Å²) in [5.41, 5.74) is 4.14. The summed E-state index contributed by atoms with van der Waals surface area (Å²) >= 11 is 0. The molecule has 9 heteroatoms. The van der Waals surface area contributed by atoms with Crippen molar-refractivity contribution in [1.29, 1.82) is 0 Å². The van der Waals surface area contributed by atoms with Gasteiger partial charge in [-0.05, 0) is 48.9 Å². The second-order valence-corrected chi connectivity index (χ2v) is 8.29. The molecule has 2 heterocycles. The maximum Gasteiger partial charge on any atom is 0.270 e. The lowest BCUT2D eigenvalue weighted by atomic mass is 10.2. The zero-order valence-electron chi connectivity index (χ0n) is 20.4. The van der Waals surface area contributed by atoms with Crippen LogP contribution in [0.2, 0.25) is 0 Å². The van der Waals surface area contributed by atoms with Crippen molar-refractivity contribution in [1.82, 2.24) is 19.9 Å². The lowest BCUT2D eigenvalue weighted by molar-refractivity contribution is 0.0943. The van der Waals surface area contributed by atoms with Crippen LogP contribution in [0.1, 0.15) is 16.9 Å². The molecule has 4 rings (SSSR count). The van der Waals surface area contributed by atoms with Crippen LogP contribution in [0.15, 0.2) is 60.8 Å². The van der Waals surface area contributed by atoms with E-state index in [1.807, 2.05) is 56.0 Å². The Balaban J connectivity index is 1.47. The van der Waals surface area contributed by atoms with Gasteiger partial charge in [0, 0.05) is 71.1 Å². The molecule has 0 unspecified atom stereocenters. The lowest BCUT2D eigenvalue weighted by Crippen LogP contribution is -2.26. The summed E-state index contributed by atoms with van der Waals surface area (Å²) in [4.78, 5) is 23.3. The summed E-state index contributed by atoms with van der Waals surface area (Å²) in [7, 11) is 7.62. The Morgan fingerprint density at radius 3 is 2.57 bits per heavy atom. The van der Waals surface area contributed by atoms with Crippen LogP contribution in [0.25, 0.3) is 11.0 Å². The summed E-state index contributed by atoms with van der Waals surface area (Å²) in [6, 6.07) is 17.2. The molecule has 0 radical (unpaired) electrons. The second kappa shape index (κ2) is 10.9. The van der Waals surface area contributed by atoms with Crippen LogP contribution in [0.5, 0.6) is 11.5 Å². The maximum atomic E-state index is 12.3. The van der Waals surface area contributed by atoms with Crippen molar-refractivity contribution in [3.63, 3.8) is 0 Å². The van der Waals surface area contributed by atoms with Crippen LogP contribution in [0, 0.1) is 0 Å². The van der Waals surface area contributed by atoms with Gasteiger partial charge in [0.25, 0.3) is 5.91 Å². The summed E-state index contributed by atoms with van der Waals surface area (Å²) in [6.45, 7) is 1.11. The highest BCUT2D eigenvalue weighted by molar-refractivity contribution is 5.92. The summed E-state index contributed by atoms with van der Waals surface area (Å²) in [6.07, 6.45) is 2.29. The molecule has 0 bridgehead atoms. The van der Waals surface area contributed by atoms with E-state index >= 15 is 0 Å².